The number of fused-ring (bicyclic) bond motifs is 3. The minimum Gasteiger partial charge on any atom is -0.214 e. The van der Waals surface area contributed by atoms with Crippen LogP contribution in [0.2, 0.25) is 0 Å². The van der Waals surface area contributed by atoms with E-state index in [0.29, 0.717) is 0 Å². The first kappa shape index (κ1) is 16.3. The molecule has 5 heteroatoms. The lowest BCUT2D eigenvalue weighted by molar-refractivity contribution is 1.46. The molecule has 0 amide bonds. The van der Waals surface area contributed by atoms with Crippen molar-refractivity contribution in [2.45, 2.75) is 18.2 Å². The Morgan fingerprint density at radius 1 is 0.714 bits per heavy atom. The second kappa shape index (κ2) is 4.73. The van der Waals surface area contributed by atoms with Crippen molar-refractivity contribution in [1.29, 1.82) is 0 Å². The molecule has 21 heavy (non-hydrogen) atoms. The van der Waals surface area contributed by atoms with Gasteiger partial charge >= 0.3 is 0 Å². The van der Waals surface area contributed by atoms with E-state index >= 15 is 0 Å². The molecule has 0 spiro atoms. The first-order chi connectivity index (χ1) is 9.42. The molecule has 1 aliphatic heterocycles. The first-order valence-corrected chi connectivity index (χ1v) is 16.6. The molecule has 1 aliphatic rings. The molecule has 0 atom stereocenters. The molecule has 2 aromatic rings. The lowest BCUT2D eigenvalue weighted by atomic mass is 10.4. The maximum absolute atomic E-state index is 2.54. The molecule has 0 fully saturated rings. The van der Waals surface area contributed by atoms with Gasteiger partial charge in [0.25, 0.3) is 0 Å². The average Bonchev–Trinajstić information content (AvgIpc) is 2.94. The van der Waals surface area contributed by atoms with E-state index in [4.69, 9.17) is 0 Å². The molecule has 0 saturated heterocycles. The summed E-state index contributed by atoms with van der Waals surface area (Å²) in [5, 5.41) is 0. The Morgan fingerprint density at radius 3 is 1.33 bits per heavy atom. The summed E-state index contributed by atoms with van der Waals surface area (Å²) in [6.07, 6.45) is 19.5. The molecule has 2 aromatic heterocycles. The zero-order valence-corrected chi connectivity index (χ0v) is 18.3. The van der Waals surface area contributed by atoms with E-state index in [1.54, 1.807) is 28.0 Å². The normalized spacial score (nSPS) is 20.0. The number of hydrogen-bond acceptors (Lipinski definition) is 2. The van der Waals surface area contributed by atoms with Gasteiger partial charge in [0.2, 0.25) is 0 Å². The van der Waals surface area contributed by atoms with Crippen LogP contribution in [0.4, 0.5) is 0 Å². The molecular weight excluding hydrogens is 353 g/mol. The second-order valence-corrected chi connectivity index (χ2v) is 21.9. The summed E-state index contributed by atoms with van der Waals surface area (Å²) < 4.78 is 3.24. The molecule has 0 radical (unpaired) electrons. The molecule has 0 unspecified atom stereocenters. The molecule has 120 valence electrons. The topological polar surface area (TPSA) is 0 Å². The SMILES string of the molecule is CS(C)(C)c1cc2c(s1)-c1sc(S(C)(C)C)cc1S2(C)C. The lowest BCUT2D eigenvalue weighted by Gasteiger charge is -2.28. The molecule has 3 heterocycles. The standard InChI is InChI=1S/C16H26S5/c1-19(2,3)13-9-11-15(17-13)16-12(21(11,7)8)10-14(18-16)20(4,5)6/h9-10H,1-8H3. The van der Waals surface area contributed by atoms with E-state index in [0.717, 1.165) is 0 Å². The van der Waals surface area contributed by atoms with Crippen molar-refractivity contribution in [1.82, 2.24) is 0 Å². The average molecular weight is 379 g/mol. The van der Waals surface area contributed by atoms with Crippen molar-refractivity contribution in [3.05, 3.63) is 12.1 Å². The highest BCUT2D eigenvalue weighted by molar-refractivity contribution is 8.35. The number of thiophene rings is 2. The lowest BCUT2D eigenvalue weighted by Crippen LogP contribution is -1.93. The Hall–Kier alpha value is 0.450. The number of rotatable bonds is 2. The van der Waals surface area contributed by atoms with Gasteiger partial charge in [-0.3, -0.25) is 0 Å². The summed E-state index contributed by atoms with van der Waals surface area (Å²) in [4.78, 5) is 6.51. The highest BCUT2D eigenvalue weighted by Gasteiger charge is 2.37. The summed E-state index contributed by atoms with van der Waals surface area (Å²) in [6, 6.07) is 5.09. The van der Waals surface area contributed by atoms with Gasteiger partial charge < -0.3 is 0 Å². The summed E-state index contributed by atoms with van der Waals surface area (Å²) in [6.45, 7) is 0. The summed E-state index contributed by atoms with van der Waals surface area (Å²) >= 11 is 4.15. The molecule has 0 aliphatic carbocycles. The van der Waals surface area contributed by atoms with Gasteiger partial charge in [0.15, 0.2) is 0 Å². The summed E-state index contributed by atoms with van der Waals surface area (Å²) in [7, 11) is -2.02. The first-order valence-electron chi connectivity index (χ1n) is 6.80. The van der Waals surface area contributed by atoms with Crippen molar-refractivity contribution < 1.29 is 0 Å². The van der Waals surface area contributed by atoms with Crippen LogP contribution in [0.3, 0.4) is 0 Å². The molecule has 0 bridgehead atoms. The maximum atomic E-state index is 2.54. The zero-order valence-electron chi connectivity index (χ0n) is 14.2. The molecule has 0 saturated carbocycles. The van der Waals surface area contributed by atoms with Crippen molar-refractivity contribution in [3.63, 3.8) is 0 Å². The van der Waals surface area contributed by atoms with Crippen LogP contribution in [-0.2, 0) is 0 Å². The monoisotopic (exact) mass is 378 g/mol. The largest absolute Gasteiger partial charge is 0.214 e. The van der Waals surface area contributed by atoms with Crippen molar-refractivity contribution in [2.24, 2.45) is 0 Å². The Kier molecular flexibility index (Phi) is 3.67. The predicted molar refractivity (Wildman–Crippen MR) is 111 cm³/mol. The third-order valence-electron chi connectivity index (χ3n) is 3.86. The minimum atomic E-state index is -0.796. The third-order valence-corrected chi connectivity index (χ3v) is 15.1. The van der Waals surface area contributed by atoms with E-state index in [1.807, 2.05) is 0 Å². The molecule has 0 nitrogen and oxygen atoms in total. The fourth-order valence-electron chi connectivity index (χ4n) is 2.50. The van der Waals surface area contributed by atoms with Crippen LogP contribution in [0.15, 0.2) is 30.3 Å². The summed E-state index contributed by atoms with van der Waals surface area (Å²) in [5.74, 6) is 0. The van der Waals surface area contributed by atoms with Crippen LogP contribution in [0.25, 0.3) is 9.75 Å². The van der Waals surface area contributed by atoms with Gasteiger partial charge in [-0.05, 0) is 62.2 Å². The van der Waals surface area contributed by atoms with Crippen LogP contribution in [0.1, 0.15) is 0 Å². The molecule has 0 N–H and O–H groups in total. The van der Waals surface area contributed by atoms with Gasteiger partial charge in [0, 0.05) is 18.2 Å². The second-order valence-electron chi connectivity index (χ2n) is 7.52. The quantitative estimate of drug-likeness (QED) is 0.569. The fraction of sp³-hybridized carbons (Fsp3) is 0.500. The van der Waals surface area contributed by atoms with Crippen LogP contribution in [0.5, 0.6) is 0 Å². The van der Waals surface area contributed by atoms with Crippen LogP contribution < -0.4 is 0 Å². The van der Waals surface area contributed by atoms with Crippen LogP contribution >= 0.6 is 52.8 Å². The van der Waals surface area contributed by atoms with Gasteiger partial charge in [-0.25, -0.2) is 20.1 Å². The Bertz CT molecular complexity index is 644. The Balaban J connectivity index is 2.21. The fourth-order valence-corrected chi connectivity index (χ4v) is 11.8. The molecule has 3 rings (SSSR count). The van der Waals surface area contributed by atoms with E-state index in [1.165, 1.54) is 0 Å². The van der Waals surface area contributed by atoms with Crippen molar-refractivity contribution >= 4 is 52.8 Å². The Morgan fingerprint density at radius 2 is 1.05 bits per heavy atom. The third kappa shape index (κ3) is 2.53. The minimum absolute atomic E-state index is 0.613. The highest BCUT2D eigenvalue weighted by Crippen LogP contribution is 2.74. The van der Waals surface area contributed by atoms with Crippen LogP contribution in [-0.4, -0.2) is 50.0 Å². The van der Waals surface area contributed by atoms with E-state index in [2.05, 4.69) is 84.9 Å². The summed E-state index contributed by atoms with van der Waals surface area (Å²) in [5.41, 5.74) is 0. The molecule has 0 aromatic carbocycles. The predicted octanol–water partition coefficient (Wildman–Crippen LogP) is 6.38. The van der Waals surface area contributed by atoms with Gasteiger partial charge in [-0.15, -0.1) is 22.7 Å². The Labute approximate surface area is 142 Å². The van der Waals surface area contributed by atoms with E-state index < -0.39 is 30.1 Å². The van der Waals surface area contributed by atoms with Gasteiger partial charge in [-0.2, -0.15) is 10.0 Å². The van der Waals surface area contributed by atoms with Gasteiger partial charge in [0.1, 0.15) is 0 Å². The van der Waals surface area contributed by atoms with E-state index in [9.17, 15) is 0 Å². The van der Waals surface area contributed by atoms with Gasteiger partial charge in [0.05, 0.1) is 9.75 Å². The molecular formula is C16H26S5. The van der Waals surface area contributed by atoms with Crippen LogP contribution in [0, 0.1) is 0 Å². The van der Waals surface area contributed by atoms with Crippen molar-refractivity contribution in [2.75, 3.05) is 50.0 Å². The maximum Gasteiger partial charge on any atom is 0.0589 e. The number of hydrogen-bond donors (Lipinski definition) is 0. The highest BCUT2D eigenvalue weighted by atomic mass is 32.3. The van der Waals surface area contributed by atoms with Gasteiger partial charge in [-0.1, -0.05) is 0 Å². The van der Waals surface area contributed by atoms with Crippen molar-refractivity contribution in [3.8, 4) is 9.75 Å². The zero-order chi connectivity index (χ0) is 15.8. The van der Waals surface area contributed by atoms with E-state index in [-0.39, 0.29) is 0 Å². The smallest absolute Gasteiger partial charge is 0.0589 e.